The average molecular weight is 312 g/mol. The van der Waals surface area contributed by atoms with Gasteiger partial charge in [-0.25, -0.2) is 0 Å². The van der Waals surface area contributed by atoms with Crippen molar-refractivity contribution in [3.05, 3.63) is 0 Å². The number of likely N-dealkylation sites (tertiary alicyclic amines) is 1. The van der Waals surface area contributed by atoms with E-state index >= 15 is 0 Å². The largest absolute Gasteiger partial charge is 0.340 e. The topological polar surface area (TPSA) is 26.8 Å². The lowest BCUT2D eigenvalue weighted by Gasteiger charge is -2.36. The Kier molecular flexibility index (Phi) is 7.33. The maximum Gasteiger partial charge on any atom is 0.219 e. The molecule has 2 heterocycles. The molecule has 0 N–H and O–H groups in total. The van der Waals surface area contributed by atoms with Gasteiger partial charge in [0.05, 0.1) is 0 Å². The number of rotatable bonds is 2. The molecule has 0 spiro atoms. The minimum absolute atomic E-state index is 0.228. The molecule has 1 saturated carbocycles. The van der Waals surface area contributed by atoms with Crippen molar-refractivity contribution >= 4 is 5.91 Å². The maximum atomic E-state index is 11.3. The Morgan fingerprint density at radius 3 is 2.00 bits per heavy atom. The summed E-state index contributed by atoms with van der Waals surface area (Å²) >= 11 is 0. The molecule has 2 saturated heterocycles. The summed E-state index contributed by atoms with van der Waals surface area (Å²) in [7, 11) is 2.28. The molecule has 3 atom stereocenters. The third-order valence-electron chi connectivity index (χ3n) is 5.39. The lowest BCUT2D eigenvalue weighted by Crippen LogP contribution is -2.49. The summed E-state index contributed by atoms with van der Waals surface area (Å²) in [5.41, 5.74) is 0.590. The molecule has 0 radical (unpaired) electrons. The zero-order chi connectivity index (χ0) is 16.9. The first-order chi connectivity index (χ1) is 10.5. The minimum Gasteiger partial charge on any atom is -0.340 e. The molecule has 1 aliphatic carbocycles. The highest BCUT2D eigenvalue weighted by Crippen LogP contribution is 2.59. The highest BCUT2D eigenvalue weighted by molar-refractivity contribution is 5.73. The molecule has 2 aliphatic heterocycles. The summed E-state index contributed by atoms with van der Waals surface area (Å²) < 4.78 is 0. The average Bonchev–Trinajstić information content (AvgIpc) is 3.18. The van der Waals surface area contributed by atoms with Gasteiger partial charge >= 0.3 is 0 Å². The van der Waals surface area contributed by atoms with Crippen LogP contribution in [-0.4, -0.2) is 72.5 Å². The zero-order valence-corrected chi connectivity index (χ0v) is 15.9. The number of amides is 1. The lowest BCUT2D eigenvalue weighted by atomic mass is 9.99. The molecule has 4 heteroatoms. The Morgan fingerprint density at radius 1 is 1.05 bits per heavy atom. The molecular formula is C18H37N3O. The molecule has 130 valence electrons. The number of piperazine rings is 1. The predicted molar refractivity (Wildman–Crippen MR) is 94.1 cm³/mol. The Morgan fingerprint density at radius 2 is 1.59 bits per heavy atom. The standard InChI is InChI=1S/C14H25N3O.2C2H6/c1-11-8-14(9-13(14)15(11)3)10-16-4-6-17(7-5-16)12(2)18;2*1-2/h11,13H,4-10H2,1-3H3;2*1-2H3/t11?,13?,14-;;/m1../s1. The molecular weight excluding hydrogens is 274 g/mol. The van der Waals surface area contributed by atoms with Crippen LogP contribution in [0.1, 0.15) is 54.4 Å². The number of carbonyl (C=O) groups is 1. The molecule has 22 heavy (non-hydrogen) atoms. The van der Waals surface area contributed by atoms with Crippen LogP contribution in [0.25, 0.3) is 0 Å². The van der Waals surface area contributed by atoms with Crippen molar-refractivity contribution in [1.29, 1.82) is 0 Å². The van der Waals surface area contributed by atoms with Crippen molar-refractivity contribution in [2.75, 3.05) is 39.8 Å². The Hall–Kier alpha value is -0.610. The van der Waals surface area contributed by atoms with Gasteiger partial charge in [-0.05, 0) is 26.8 Å². The van der Waals surface area contributed by atoms with Gasteiger partial charge in [-0.15, -0.1) is 0 Å². The highest BCUT2D eigenvalue weighted by Gasteiger charge is 2.62. The fourth-order valence-corrected chi connectivity index (χ4v) is 4.06. The first-order valence-electron chi connectivity index (χ1n) is 9.22. The van der Waals surface area contributed by atoms with Crippen LogP contribution in [0.4, 0.5) is 0 Å². The van der Waals surface area contributed by atoms with E-state index in [-0.39, 0.29) is 5.91 Å². The molecule has 1 amide bonds. The number of carbonyl (C=O) groups excluding carboxylic acids is 1. The van der Waals surface area contributed by atoms with Crippen molar-refractivity contribution in [3.8, 4) is 0 Å². The quantitative estimate of drug-likeness (QED) is 0.784. The second-order valence-electron chi connectivity index (χ2n) is 6.58. The first kappa shape index (κ1) is 19.4. The van der Waals surface area contributed by atoms with Crippen LogP contribution in [0.5, 0.6) is 0 Å². The first-order valence-corrected chi connectivity index (χ1v) is 9.22. The SMILES string of the molecule is CC.CC.CC(=O)N1CCN(C[C@]23CC(C)N(C)C2C3)CC1. The second kappa shape index (κ2) is 8.30. The molecule has 3 aliphatic rings. The second-order valence-corrected chi connectivity index (χ2v) is 6.58. The summed E-state index contributed by atoms with van der Waals surface area (Å²) in [5.74, 6) is 0.228. The van der Waals surface area contributed by atoms with Gasteiger partial charge in [0, 0.05) is 57.1 Å². The van der Waals surface area contributed by atoms with E-state index in [2.05, 4.69) is 23.8 Å². The van der Waals surface area contributed by atoms with Crippen molar-refractivity contribution in [1.82, 2.24) is 14.7 Å². The maximum absolute atomic E-state index is 11.3. The third-order valence-corrected chi connectivity index (χ3v) is 5.39. The van der Waals surface area contributed by atoms with Crippen LogP contribution in [0.15, 0.2) is 0 Å². The van der Waals surface area contributed by atoms with E-state index in [0.29, 0.717) is 5.41 Å². The van der Waals surface area contributed by atoms with Crippen molar-refractivity contribution in [2.24, 2.45) is 5.41 Å². The fourth-order valence-electron chi connectivity index (χ4n) is 4.06. The van der Waals surface area contributed by atoms with Crippen molar-refractivity contribution < 1.29 is 4.79 Å². The van der Waals surface area contributed by atoms with Gasteiger partial charge in [0.2, 0.25) is 5.91 Å². The minimum atomic E-state index is 0.228. The number of hydrogen-bond acceptors (Lipinski definition) is 3. The molecule has 0 aromatic heterocycles. The number of piperidine rings is 1. The van der Waals surface area contributed by atoms with Crippen LogP contribution >= 0.6 is 0 Å². The van der Waals surface area contributed by atoms with E-state index in [1.807, 2.05) is 32.6 Å². The zero-order valence-electron chi connectivity index (χ0n) is 15.9. The van der Waals surface area contributed by atoms with E-state index in [1.165, 1.54) is 19.4 Å². The molecule has 4 nitrogen and oxygen atoms in total. The van der Waals surface area contributed by atoms with Gasteiger partial charge in [-0.2, -0.15) is 0 Å². The summed E-state index contributed by atoms with van der Waals surface area (Å²) in [5, 5.41) is 0. The Bertz CT molecular complexity index is 352. The molecule has 0 aromatic rings. The van der Waals surface area contributed by atoms with Crippen LogP contribution in [-0.2, 0) is 4.79 Å². The predicted octanol–water partition coefficient (Wildman–Crippen LogP) is 2.69. The Balaban J connectivity index is 0.000000561. The van der Waals surface area contributed by atoms with Gasteiger partial charge in [0.1, 0.15) is 0 Å². The van der Waals surface area contributed by atoms with Crippen molar-refractivity contribution in [3.63, 3.8) is 0 Å². The lowest BCUT2D eigenvalue weighted by molar-refractivity contribution is -0.130. The smallest absolute Gasteiger partial charge is 0.219 e. The van der Waals surface area contributed by atoms with E-state index in [9.17, 15) is 4.79 Å². The van der Waals surface area contributed by atoms with Gasteiger partial charge < -0.3 is 9.80 Å². The number of fused-ring (bicyclic) bond motifs is 1. The van der Waals surface area contributed by atoms with Gasteiger partial charge in [-0.1, -0.05) is 27.7 Å². The van der Waals surface area contributed by atoms with Crippen LogP contribution < -0.4 is 0 Å². The number of hydrogen-bond donors (Lipinski definition) is 0. The third kappa shape index (κ3) is 4.02. The number of nitrogens with zero attached hydrogens (tertiary/aromatic N) is 3. The van der Waals surface area contributed by atoms with Crippen LogP contribution in [0.2, 0.25) is 0 Å². The van der Waals surface area contributed by atoms with Crippen LogP contribution in [0, 0.1) is 5.41 Å². The molecule has 3 fully saturated rings. The molecule has 0 bridgehead atoms. The molecule has 2 unspecified atom stereocenters. The van der Waals surface area contributed by atoms with Gasteiger partial charge in [0.15, 0.2) is 0 Å². The van der Waals surface area contributed by atoms with E-state index in [0.717, 1.165) is 38.3 Å². The molecule has 3 rings (SSSR count). The monoisotopic (exact) mass is 311 g/mol. The van der Waals surface area contributed by atoms with Crippen LogP contribution in [0.3, 0.4) is 0 Å². The fraction of sp³-hybridized carbons (Fsp3) is 0.944. The normalized spacial score (nSPS) is 34.0. The van der Waals surface area contributed by atoms with E-state index in [4.69, 9.17) is 0 Å². The Labute approximate surface area is 137 Å². The van der Waals surface area contributed by atoms with E-state index < -0.39 is 0 Å². The molecule has 0 aromatic carbocycles. The van der Waals surface area contributed by atoms with Gasteiger partial charge in [0.25, 0.3) is 0 Å². The van der Waals surface area contributed by atoms with Gasteiger partial charge in [-0.3, -0.25) is 9.69 Å². The summed E-state index contributed by atoms with van der Waals surface area (Å²) in [6, 6.07) is 1.58. The van der Waals surface area contributed by atoms with E-state index in [1.54, 1.807) is 6.92 Å². The summed E-state index contributed by atoms with van der Waals surface area (Å²) in [6.07, 6.45) is 2.75. The highest BCUT2D eigenvalue weighted by atomic mass is 16.2. The summed E-state index contributed by atoms with van der Waals surface area (Å²) in [6.45, 7) is 17.2. The van der Waals surface area contributed by atoms with Crippen molar-refractivity contribution in [2.45, 2.75) is 66.5 Å². The summed E-state index contributed by atoms with van der Waals surface area (Å²) in [4.78, 5) is 18.4.